The van der Waals surface area contributed by atoms with Crippen molar-refractivity contribution in [2.75, 3.05) is 22.6 Å². The third kappa shape index (κ3) is 5.19. The Labute approximate surface area is 190 Å². The lowest BCUT2D eigenvalue weighted by molar-refractivity contribution is 0.102. The number of aryl methyl sites for hydroxylation is 1. The third-order valence-corrected chi connectivity index (χ3v) is 9.14. The number of benzene rings is 1. The molecule has 1 fully saturated rings. The second kappa shape index (κ2) is 9.13. The zero-order valence-corrected chi connectivity index (χ0v) is 19.8. The summed E-state index contributed by atoms with van der Waals surface area (Å²) in [7, 11) is -2.98. The topological polar surface area (TPSA) is 93.9 Å². The molecule has 3 heterocycles. The summed E-state index contributed by atoms with van der Waals surface area (Å²) in [4.78, 5) is 12.9. The maximum atomic E-state index is 12.9. The fraction of sp³-hybridized carbons (Fsp3) is 0.381. The first-order valence-corrected chi connectivity index (χ1v) is 13.6. The summed E-state index contributed by atoms with van der Waals surface area (Å²) in [6, 6.07) is 11.8. The van der Waals surface area contributed by atoms with Gasteiger partial charge in [0.15, 0.2) is 20.0 Å². The van der Waals surface area contributed by atoms with Gasteiger partial charge in [-0.2, -0.15) is 0 Å². The summed E-state index contributed by atoms with van der Waals surface area (Å²) >= 11 is 2.80. The van der Waals surface area contributed by atoms with Gasteiger partial charge in [0.25, 0.3) is 0 Å². The number of rotatable bonds is 8. The molecular formula is C21H24N4O3S3. The lowest BCUT2D eigenvalue weighted by atomic mass is 10.2. The van der Waals surface area contributed by atoms with Crippen LogP contribution < -0.4 is 5.32 Å². The molecule has 31 heavy (non-hydrogen) atoms. The molecule has 1 saturated heterocycles. The Balaban J connectivity index is 1.36. The summed E-state index contributed by atoms with van der Waals surface area (Å²) in [5.74, 6) is 0.640. The zero-order chi connectivity index (χ0) is 22.0. The second-order valence-corrected chi connectivity index (χ2v) is 12.1. The molecule has 1 atom stereocenters. The minimum atomic E-state index is -2.98. The van der Waals surface area contributed by atoms with Gasteiger partial charge >= 0.3 is 0 Å². The first-order valence-electron chi connectivity index (χ1n) is 9.98. The molecule has 3 aromatic rings. The normalized spacial score (nSPS) is 17.7. The second-order valence-electron chi connectivity index (χ2n) is 7.64. The van der Waals surface area contributed by atoms with Gasteiger partial charge in [-0.1, -0.05) is 53.4 Å². The van der Waals surface area contributed by atoms with Crippen molar-refractivity contribution in [2.24, 2.45) is 0 Å². The number of sulfone groups is 1. The van der Waals surface area contributed by atoms with Crippen LogP contribution in [0.25, 0.3) is 0 Å². The highest BCUT2D eigenvalue weighted by molar-refractivity contribution is 8.01. The monoisotopic (exact) mass is 476 g/mol. The van der Waals surface area contributed by atoms with Gasteiger partial charge < -0.3 is 9.88 Å². The van der Waals surface area contributed by atoms with E-state index in [2.05, 4.69) is 15.5 Å². The predicted molar refractivity (Wildman–Crippen MR) is 125 cm³/mol. The molecule has 1 aromatic carbocycles. The van der Waals surface area contributed by atoms with Crippen LogP contribution in [-0.4, -0.2) is 46.2 Å². The molecule has 0 aliphatic carbocycles. The van der Waals surface area contributed by atoms with Gasteiger partial charge in [-0.25, -0.2) is 8.42 Å². The molecule has 10 heteroatoms. The van der Waals surface area contributed by atoms with Crippen LogP contribution in [0.15, 0.2) is 40.7 Å². The molecule has 0 radical (unpaired) electrons. The summed E-state index contributed by atoms with van der Waals surface area (Å²) in [6.07, 6.45) is 0.602. The zero-order valence-electron chi connectivity index (χ0n) is 17.4. The van der Waals surface area contributed by atoms with Gasteiger partial charge in [0.05, 0.1) is 17.3 Å². The van der Waals surface area contributed by atoms with Gasteiger partial charge in [0.2, 0.25) is 5.13 Å². The van der Waals surface area contributed by atoms with Crippen molar-refractivity contribution in [3.8, 4) is 0 Å². The molecule has 164 valence electrons. The molecule has 1 N–H and O–H groups in total. The van der Waals surface area contributed by atoms with E-state index >= 15 is 0 Å². The summed E-state index contributed by atoms with van der Waals surface area (Å²) in [5.41, 5.74) is 3.58. The van der Waals surface area contributed by atoms with Crippen molar-refractivity contribution in [3.63, 3.8) is 0 Å². The standard InChI is InChI=1S/C21H24N4O3S3/c1-14-10-18(15(2)25(14)17-8-9-31(27,28)13-17)19(26)12-29-21-24-23-20(30-21)22-11-16-6-4-3-5-7-16/h3-7,10,17H,8-9,11-13H2,1-2H3,(H,22,23). The van der Waals surface area contributed by atoms with E-state index in [1.807, 2.05) is 54.8 Å². The number of carbonyl (C=O) groups excluding carboxylic acids is 1. The summed E-state index contributed by atoms with van der Waals surface area (Å²) < 4.78 is 26.5. The quantitative estimate of drug-likeness (QED) is 0.389. The highest BCUT2D eigenvalue weighted by Crippen LogP contribution is 2.31. The van der Waals surface area contributed by atoms with Crippen molar-refractivity contribution >= 4 is 43.9 Å². The van der Waals surface area contributed by atoms with Crippen LogP contribution in [0.2, 0.25) is 0 Å². The highest BCUT2D eigenvalue weighted by atomic mass is 32.2. The lowest BCUT2D eigenvalue weighted by Gasteiger charge is -2.16. The fourth-order valence-corrected chi connectivity index (χ4v) is 7.25. The van der Waals surface area contributed by atoms with E-state index in [4.69, 9.17) is 0 Å². The average molecular weight is 477 g/mol. The SMILES string of the molecule is Cc1cc(C(=O)CSc2nnc(NCc3ccccc3)s2)c(C)n1C1CCS(=O)(=O)C1. The van der Waals surface area contributed by atoms with E-state index in [0.717, 1.165) is 26.4 Å². The van der Waals surface area contributed by atoms with E-state index < -0.39 is 9.84 Å². The number of hydrogen-bond acceptors (Lipinski definition) is 8. The maximum absolute atomic E-state index is 12.9. The van der Waals surface area contributed by atoms with Crippen molar-refractivity contribution in [2.45, 2.75) is 37.2 Å². The van der Waals surface area contributed by atoms with Crippen LogP contribution in [-0.2, 0) is 16.4 Å². The fourth-order valence-electron chi connectivity index (χ4n) is 3.92. The Morgan fingerprint density at radius 2 is 2.03 bits per heavy atom. The van der Waals surface area contributed by atoms with E-state index in [0.29, 0.717) is 18.5 Å². The molecule has 1 unspecified atom stereocenters. The first-order chi connectivity index (χ1) is 14.8. The van der Waals surface area contributed by atoms with E-state index in [9.17, 15) is 13.2 Å². The molecule has 2 aromatic heterocycles. The molecule has 0 bridgehead atoms. The number of anilines is 1. The van der Waals surface area contributed by atoms with E-state index in [1.54, 1.807) is 0 Å². The van der Waals surface area contributed by atoms with Crippen molar-refractivity contribution in [1.29, 1.82) is 0 Å². The molecular weight excluding hydrogens is 452 g/mol. The van der Waals surface area contributed by atoms with Gasteiger partial charge in [-0.15, -0.1) is 10.2 Å². The minimum Gasteiger partial charge on any atom is -0.356 e. The number of nitrogens with zero attached hydrogens (tertiary/aromatic N) is 3. The number of Topliss-reactive ketones (excluding diaryl/α,β-unsaturated/α-hetero) is 1. The van der Waals surface area contributed by atoms with Gasteiger partial charge in [0.1, 0.15) is 0 Å². The third-order valence-electron chi connectivity index (χ3n) is 5.38. The predicted octanol–water partition coefficient (Wildman–Crippen LogP) is 3.90. The average Bonchev–Trinajstić information content (AvgIpc) is 3.42. The molecule has 1 aliphatic heterocycles. The highest BCUT2D eigenvalue weighted by Gasteiger charge is 2.31. The Hall–Kier alpha value is -2.17. The summed E-state index contributed by atoms with van der Waals surface area (Å²) in [6.45, 7) is 4.49. The molecule has 1 aliphatic rings. The number of thioether (sulfide) groups is 1. The largest absolute Gasteiger partial charge is 0.356 e. The number of nitrogens with one attached hydrogen (secondary N) is 1. The first kappa shape index (κ1) is 22.0. The Kier molecular flexibility index (Phi) is 6.49. The lowest BCUT2D eigenvalue weighted by Crippen LogP contribution is -2.14. The number of hydrogen-bond donors (Lipinski definition) is 1. The van der Waals surface area contributed by atoms with Crippen molar-refractivity contribution < 1.29 is 13.2 Å². The van der Waals surface area contributed by atoms with Gasteiger partial charge in [-0.05, 0) is 31.9 Å². The molecule has 7 nitrogen and oxygen atoms in total. The van der Waals surface area contributed by atoms with E-state index in [1.165, 1.54) is 23.1 Å². The summed E-state index contributed by atoms with van der Waals surface area (Å²) in [5, 5.41) is 12.3. The van der Waals surface area contributed by atoms with Crippen LogP contribution in [0.3, 0.4) is 0 Å². The van der Waals surface area contributed by atoms with Crippen LogP contribution in [0.1, 0.15) is 39.8 Å². The van der Waals surface area contributed by atoms with Gasteiger partial charge in [-0.3, -0.25) is 4.79 Å². The number of aromatic nitrogens is 3. The van der Waals surface area contributed by atoms with E-state index in [-0.39, 0.29) is 29.1 Å². The number of ketones is 1. The van der Waals surface area contributed by atoms with Crippen LogP contribution in [0, 0.1) is 13.8 Å². The van der Waals surface area contributed by atoms with Crippen molar-refractivity contribution in [1.82, 2.24) is 14.8 Å². The van der Waals surface area contributed by atoms with Crippen LogP contribution in [0.5, 0.6) is 0 Å². The smallest absolute Gasteiger partial charge is 0.206 e. The molecule has 4 rings (SSSR count). The Bertz CT molecular complexity index is 1190. The minimum absolute atomic E-state index is 0.0131. The van der Waals surface area contributed by atoms with Crippen LogP contribution >= 0.6 is 23.1 Å². The maximum Gasteiger partial charge on any atom is 0.206 e. The van der Waals surface area contributed by atoms with Crippen LogP contribution in [0.4, 0.5) is 5.13 Å². The Morgan fingerprint density at radius 3 is 2.74 bits per heavy atom. The molecule has 0 amide bonds. The Morgan fingerprint density at radius 1 is 1.26 bits per heavy atom. The molecule has 0 spiro atoms. The van der Waals surface area contributed by atoms with Crippen molar-refractivity contribution in [3.05, 3.63) is 58.9 Å². The van der Waals surface area contributed by atoms with Gasteiger partial charge in [0, 0.05) is 29.5 Å². The number of carbonyl (C=O) groups is 1. The molecule has 0 saturated carbocycles.